The Labute approximate surface area is 176 Å². The number of nitro benzene ring substituents is 1. The normalized spacial score (nSPS) is 11.5. The van der Waals surface area contributed by atoms with Crippen molar-refractivity contribution in [2.45, 2.75) is 12.1 Å². The maximum absolute atomic E-state index is 12.3. The molecule has 0 unspecified atom stereocenters. The molecule has 0 aliphatic carbocycles. The van der Waals surface area contributed by atoms with Gasteiger partial charge in [-0.3, -0.25) is 19.5 Å². The first-order chi connectivity index (χ1) is 14.4. The number of rotatable bonds is 7. The number of allylic oxidation sites excluding steroid dienone is 2. The van der Waals surface area contributed by atoms with Crippen LogP contribution in [0.15, 0.2) is 77.2 Å². The molecule has 0 atom stereocenters. The van der Waals surface area contributed by atoms with E-state index in [4.69, 9.17) is 11.0 Å². The average molecular weight is 419 g/mol. The van der Waals surface area contributed by atoms with Gasteiger partial charge >= 0.3 is 0 Å². The molecule has 2 N–H and O–H groups in total. The second-order valence-corrected chi connectivity index (χ2v) is 7.25. The molecule has 0 aliphatic rings. The van der Waals surface area contributed by atoms with Gasteiger partial charge in [0, 0.05) is 35.3 Å². The van der Waals surface area contributed by atoms with Crippen LogP contribution in [0.4, 0.5) is 5.69 Å². The van der Waals surface area contributed by atoms with Gasteiger partial charge in [0.05, 0.1) is 16.4 Å². The first-order valence-corrected chi connectivity index (χ1v) is 9.81. The number of hydrogen-bond donors (Lipinski definition) is 1. The van der Waals surface area contributed by atoms with Crippen LogP contribution in [0.2, 0.25) is 0 Å². The van der Waals surface area contributed by atoms with Gasteiger partial charge in [0.15, 0.2) is 10.9 Å². The van der Waals surface area contributed by atoms with E-state index < -0.39 is 4.92 Å². The number of non-ortho nitro benzene ring substituents is 1. The summed E-state index contributed by atoms with van der Waals surface area (Å²) in [5, 5.41) is 20.7. The first kappa shape index (κ1) is 20.8. The summed E-state index contributed by atoms with van der Waals surface area (Å²) in [5.74, 6) is -0.405. The van der Waals surface area contributed by atoms with E-state index in [9.17, 15) is 14.9 Å². The number of nitrogens with zero attached hydrogens (tertiary/aromatic N) is 4. The molecule has 0 aliphatic heterocycles. The number of ketones is 1. The van der Waals surface area contributed by atoms with E-state index in [1.54, 1.807) is 22.9 Å². The van der Waals surface area contributed by atoms with Gasteiger partial charge in [0.2, 0.25) is 0 Å². The molecule has 0 amide bonds. The summed E-state index contributed by atoms with van der Waals surface area (Å²) in [6.07, 6.45) is 1.76. The Bertz CT molecular complexity index is 1170. The van der Waals surface area contributed by atoms with Gasteiger partial charge in [-0.25, -0.2) is 4.98 Å². The summed E-state index contributed by atoms with van der Waals surface area (Å²) in [6.45, 7) is 1.51. The molecule has 150 valence electrons. The third-order valence-corrected chi connectivity index (χ3v) is 5.13. The number of para-hydroxylation sites is 1. The number of nitro groups is 1. The van der Waals surface area contributed by atoms with Crippen molar-refractivity contribution in [1.29, 1.82) is 5.26 Å². The second kappa shape index (κ2) is 9.07. The molecule has 8 nitrogen and oxygen atoms in total. The highest BCUT2D eigenvalue weighted by Gasteiger charge is 2.17. The van der Waals surface area contributed by atoms with Crippen LogP contribution in [-0.4, -0.2) is 26.0 Å². The van der Waals surface area contributed by atoms with Crippen LogP contribution in [0.3, 0.4) is 0 Å². The van der Waals surface area contributed by atoms with Crippen LogP contribution in [-0.2, 0) is 4.79 Å². The fraction of sp³-hybridized carbons (Fsp3) is 0.0952. The number of hydrogen-bond acceptors (Lipinski definition) is 7. The van der Waals surface area contributed by atoms with Crippen LogP contribution in [0.25, 0.3) is 16.9 Å². The molecule has 2 aromatic carbocycles. The van der Waals surface area contributed by atoms with Crippen LogP contribution >= 0.6 is 11.8 Å². The minimum atomic E-state index is -0.461. The van der Waals surface area contributed by atoms with Gasteiger partial charge in [-0.2, -0.15) is 5.26 Å². The monoisotopic (exact) mass is 419 g/mol. The van der Waals surface area contributed by atoms with Crippen molar-refractivity contribution in [1.82, 2.24) is 9.55 Å². The van der Waals surface area contributed by atoms with Crippen LogP contribution in [0.5, 0.6) is 0 Å². The molecule has 0 bridgehead atoms. The fourth-order valence-corrected chi connectivity index (χ4v) is 3.59. The number of imidazole rings is 1. The lowest BCUT2D eigenvalue weighted by Gasteiger charge is -2.06. The summed E-state index contributed by atoms with van der Waals surface area (Å²) >= 11 is 1.16. The number of benzene rings is 2. The SMILES string of the molecule is C/C(N)=C(/C#N)C(=O)CSc1nc(-c2cccc([N+](=O)[O-])c2)cn1-c1ccccc1. The average Bonchev–Trinajstić information content (AvgIpc) is 3.17. The minimum Gasteiger partial charge on any atom is -0.401 e. The summed E-state index contributed by atoms with van der Waals surface area (Å²) in [6, 6.07) is 17.4. The van der Waals surface area contributed by atoms with Gasteiger partial charge in [-0.15, -0.1) is 0 Å². The number of carbonyl (C=O) groups is 1. The lowest BCUT2D eigenvalue weighted by Crippen LogP contribution is -2.10. The Morgan fingerprint density at radius 2 is 2.00 bits per heavy atom. The Balaban J connectivity index is 1.99. The molecule has 0 spiro atoms. The Hall–Kier alpha value is -3.90. The third kappa shape index (κ3) is 4.56. The first-order valence-electron chi connectivity index (χ1n) is 8.82. The number of nitriles is 1. The zero-order valence-corrected chi connectivity index (χ0v) is 16.8. The molecule has 1 heterocycles. The minimum absolute atomic E-state index is 0.0182. The topological polar surface area (TPSA) is 128 Å². The van der Waals surface area contributed by atoms with Gasteiger partial charge in [-0.05, 0) is 19.1 Å². The number of aromatic nitrogens is 2. The van der Waals surface area contributed by atoms with Gasteiger partial charge in [-0.1, -0.05) is 42.1 Å². The Kier molecular flexibility index (Phi) is 6.29. The highest BCUT2D eigenvalue weighted by molar-refractivity contribution is 7.99. The van der Waals surface area contributed by atoms with Gasteiger partial charge < -0.3 is 5.73 Å². The van der Waals surface area contributed by atoms with Crippen molar-refractivity contribution >= 4 is 23.2 Å². The van der Waals surface area contributed by atoms with Crippen molar-refractivity contribution in [3.8, 4) is 23.0 Å². The Morgan fingerprint density at radius 1 is 1.27 bits per heavy atom. The van der Waals surface area contributed by atoms with E-state index >= 15 is 0 Å². The molecule has 30 heavy (non-hydrogen) atoms. The summed E-state index contributed by atoms with van der Waals surface area (Å²) in [5.41, 5.74) is 7.62. The van der Waals surface area contributed by atoms with Crippen LogP contribution in [0, 0.1) is 21.4 Å². The number of Topliss-reactive ketones (excluding diaryl/α,β-unsaturated/α-hetero) is 1. The molecular formula is C21H17N5O3S. The quantitative estimate of drug-likeness (QED) is 0.202. The molecular weight excluding hydrogens is 402 g/mol. The zero-order chi connectivity index (χ0) is 21.7. The molecule has 1 aromatic heterocycles. The van der Waals surface area contributed by atoms with E-state index in [2.05, 4.69) is 4.98 Å². The van der Waals surface area contributed by atoms with E-state index in [1.807, 2.05) is 36.4 Å². The summed E-state index contributed by atoms with van der Waals surface area (Å²) in [7, 11) is 0. The van der Waals surface area contributed by atoms with Crippen molar-refractivity contribution in [2.24, 2.45) is 5.73 Å². The molecule has 9 heteroatoms. The number of thioether (sulfide) groups is 1. The van der Waals surface area contributed by atoms with E-state index in [0.29, 0.717) is 16.4 Å². The highest BCUT2D eigenvalue weighted by atomic mass is 32.2. The second-order valence-electron chi connectivity index (χ2n) is 6.30. The zero-order valence-electron chi connectivity index (χ0n) is 16.0. The Morgan fingerprint density at radius 3 is 2.63 bits per heavy atom. The lowest BCUT2D eigenvalue weighted by molar-refractivity contribution is -0.384. The van der Waals surface area contributed by atoms with Crippen LogP contribution < -0.4 is 5.73 Å². The fourth-order valence-electron chi connectivity index (χ4n) is 2.73. The lowest BCUT2D eigenvalue weighted by atomic mass is 10.1. The molecule has 3 rings (SSSR count). The largest absolute Gasteiger partial charge is 0.401 e. The molecule has 0 saturated heterocycles. The third-order valence-electron chi connectivity index (χ3n) is 4.18. The predicted octanol–water partition coefficient (Wildman–Crippen LogP) is 3.86. The predicted molar refractivity (Wildman–Crippen MR) is 114 cm³/mol. The number of nitrogens with two attached hydrogens (primary N) is 1. The molecule has 0 saturated carbocycles. The van der Waals surface area contributed by atoms with Crippen molar-refractivity contribution in [2.75, 3.05) is 5.75 Å². The molecule has 3 aromatic rings. The summed E-state index contributed by atoms with van der Waals surface area (Å²) in [4.78, 5) is 27.6. The van der Waals surface area contributed by atoms with Gasteiger partial charge in [0.25, 0.3) is 5.69 Å². The number of carbonyl (C=O) groups excluding carboxylic acids is 1. The van der Waals surface area contributed by atoms with Crippen molar-refractivity contribution in [3.05, 3.63) is 82.2 Å². The summed E-state index contributed by atoms with van der Waals surface area (Å²) < 4.78 is 1.80. The van der Waals surface area contributed by atoms with E-state index in [1.165, 1.54) is 19.1 Å². The van der Waals surface area contributed by atoms with Crippen molar-refractivity contribution < 1.29 is 9.72 Å². The van der Waals surface area contributed by atoms with Crippen molar-refractivity contribution in [3.63, 3.8) is 0 Å². The van der Waals surface area contributed by atoms with Gasteiger partial charge in [0.1, 0.15) is 11.6 Å². The highest BCUT2D eigenvalue weighted by Crippen LogP contribution is 2.29. The smallest absolute Gasteiger partial charge is 0.270 e. The maximum atomic E-state index is 12.3. The maximum Gasteiger partial charge on any atom is 0.270 e. The molecule has 0 fully saturated rings. The molecule has 0 radical (unpaired) electrons. The standard InChI is InChI=1S/C21H17N5O3S/c1-14(23)18(11-22)20(27)13-30-21-24-19(12-25(21)16-7-3-2-4-8-16)15-6-5-9-17(10-15)26(28)29/h2-10,12H,13,23H2,1H3/b18-14+. The van der Waals surface area contributed by atoms with E-state index in [-0.39, 0.29) is 28.5 Å². The van der Waals surface area contributed by atoms with E-state index in [0.717, 1.165) is 17.4 Å². The van der Waals surface area contributed by atoms with Crippen LogP contribution in [0.1, 0.15) is 6.92 Å².